The summed E-state index contributed by atoms with van der Waals surface area (Å²) in [7, 11) is 1.67. The molecule has 22 heavy (non-hydrogen) atoms. The molecule has 2 rings (SSSR count). The average Bonchev–Trinajstić information content (AvgIpc) is 2.51. The second kappa shape index (κ2) is 7.07. The molecule has 0 N–H and O–H groups in total. The number of hydrogen-bond acceptors (Lipinski definition) is 2. The molecule has 3 nitrogen and oxygen atoms in total. The van der Waals surface area contributed by atoms with Gasteiger partial charge in [-0.1, -0.05) is 18.2 Å². The Bertz CT molecular complexity index is 670. The number of ether oxygens (including phenoxy) is 1. The summed E-state index contributed by atoms with van der Waals surface area (Å²) in [6.45, 7) is 4.64. The zero-order valence-corrected chi connectivity index (χ0v) is 13.1. The van der Waals surface area contributed by atoms with Gasteiger partial charge in [0.05, 0.1) is 6.61 Å². The second-order valence-corrected chi connectivity index (χ2v) is 5.17. The van der Waals surface area contributed by atoms with E-state index in [2.05, 4.69) is 0 Å². The van der Waals surface area contributed by atoms with Gasteiger partial charge in [-0.2, -0.15) is 0 Å². The summed E-state index contributed by atoms with van der Waals surface area (Å²) in [5.41, 5.74) is 1.98. The summed E-state index contributed by atoms with van der Waals surface area (Å²) in [5.74, 6) is 0.329. The molecule has 0 spiro atoms. The molecule has 4 heteroatoms. The first-order chi connectivity index (χ1) is 10.5. The van der Waals surface area contributed by atoms with E-state index in [0.29, 0.717) is 17.7 Å². The van der Waals surface area contributed by atoms with Crippen molar-refractivity contribution < 1.29 is 13.9 Å². The number of hydrogen-bond donors (Lipinski definition) is 0. The van der Waals surface area contributed by atoms with Crippen LogP contribution in [0, 0.1) is 12.7 Å². The SMILES string of the molecule is CCOc1ccc(C(=O)N(C)Cc2ccccc2F)cc1C. The molecule has 0 fully saturated rings. The highest BCUT2D eigenvalue weighted by molar-refractivity contribution is 5.94. The van der Waals surface area contributed by atoms with E-state index in [9.17, 15) is 9.18 Å². The third-order valence-electron chi connectivity index (χ3n) is 3.43. The lowest BCUT2D eigenvalue weighted by Crippen LogP contribution is -2.26. The summed E-state index contributed by atoms with van der Waals surface area (Å²) in [6, 6.07) is 11.8. The maximum absolute atomic E-state index is 13.7. The van der Waals surface area contributed by atoms with Gasteiger partial charge in [0.1, 0.15) is 11.6 Å². The van der Waals surface area contributed by atoms with Crippen molar-refractivity contribution in [2.24, 2.45) is 0 Å². The van der Waals surface area contributed by atoms with E-state index in [1.165, 1.54) is 11.0 Å². The van der Waals surface area contributed by atoms with Crippen LogP contribution in [-0.2, 0) is 6.54 Å². The molecule has 0 saturated heterocycles. The van der Waals surface area contributed by atoms with Crippen LogP contribution in [0.3, 0.4) is 0 Å². The maximum Gasteiger partial charge on any atom is 0.253 e. The molecule has 0 aliphatic heterocycles. The Morgan fingerprint density at radius 2 is 1.95 bits per heavy atom. The van der Waals surface area contributed by atoms with Crippen molar-refractivity contribution >= 4 is 5.91 Å². The number of rotatable bonds is 5. The first kappa shape index (κ1) is 16.0. The summed E-state index contributed by atoms with van der Waals surface area (Å²) < 4.78 is 19.1. The first-order valence-electron chi connectivity index (χ1n) is 7.25. The van der Waals surface area contributed by atoms with Crippen molar-refractivity contribution in [3.8, 4) is 5.75 Å². The van der Waals surface area contributed by atoms with Crippen molar-refractivity contribution in [3.63, 3.8) is 0 Å². The Balaban J connectivity index is 2.14. The number of carbonyl (C=O) groups excluding carboxylic acids is 1. The minimum atomic E-state index is -0.301. The van der Waals surface area contributed by atoms with Crippen LogP contribution in [0.2, 0.25) is 0 Å². The maximum atomic E-state index is 13.7. The quantitative estimate of drug-likeness (QED) is 0.840. The van der Waals surface area contributed by atoms with E-state index in [1.807, 2.05) is 13.8 Å². The number of nitrogens with zero attached hydrogens (tertiary/aromatic N) is 1. The Morgan fingerprint density at radius 1 is 1.23 bits per heavy atom. The van der Waals surface area contributed by atoms with Crippen molar-refractivity contribution in [2.45, 2.75) is 20.4 Å². The summed E-state index contributed by atoms with van der Waals surface area (Å²) in [6.07, 6.45) is 0. The molecule has 0 radical (unpaired) electrons. The Labute approximate surface area is 130 Å². The fourth-order valence-corrected chi connectivity index (χ4v) is 2.27. The molecule has 0 bridgehead atoms. The lowest BCUT2D eigenvalue weighted by Gasteiger charge is -2.18. The van der Waals surface area contributed by atoms with Gasteiger partial charge in [0.25, 0.3) is 5.91 Å². The van der Waals surface area contributed by atoms with Crippen LogP contribution in [0.5, 0.6) is 5.75 Å². The third kappa shape index (κ3) is 3.64. The fourth-order valence-electron chi connectivity index (χ4n) is 2.27. The summed E-state index contributed by atoms with van der Waals surface area (Å²) in [5, 5.41) is 0. The zero-order valence-electron chi connectivity index (χ0n) is 13.1. The van der Waals surface area contributed by atoms with Crippen LogP contribution in [0.1, 0.15) is 28.4 Å². The van der Waals surface area contributed by atoms with E-state index in [0.717, 1.165) is 11.3 Å². The topological polar surface area (TPSA) is 29.5 Å². The molecule has 0 aromatic heterocycles. The second-order valence-electron chi connectivity index (χ2n) is 5.17. The molecule has 0 atom stereocenters. The van der Waals surface area contributed by atoms with Gasteiger partial charge in [-0.25, -0.2) is 4.39 Å². The van der Waals surface area contributed by atoms with Gasteiger partial charge in [0.15, 0.2) is 0 Å². The molecule has 0 aliphatic rings. The van der Waals surface area contributed by atoms with Crippen LogP contribution < -0.4 is 4.74 Å². The largest absolute Gasteiger partial charge is 0.494 e. The molecule has 0 aliphatic carbocycles. The number of benzene rings is 2. The van der Waals surface area contributed by atoms with Gasteiger partial charge in [0, 0.05) is 24.7 Å². The number of amides is 1. The van der Waals surface area contributed by atoms with Crippen LogP contribution >= 0.6 is 0 Å². The lowest BCUT2D eigenvalue weighted by molar-refractivity contribution is 0.0783. The normalized spacial score (nSPS) is 10.4. The predicted molar refractivity (Wildman–Crippen MR) is 84.5 cm³/mol. The Hall–Kier alpha value is -2.36. The van der Waals surface area contributed by atoms with Crippen molar-refractivity contribution in [2.75, 3.05) is 13.7 Å². The molecule has 1 amide bonds. The highest BCUT2D eigenvalue weighted by Crippen LogP contribution is 2.20. The monoisotopic (exact) mass is 301 g/mol. The van der Waals surface area contributed by atoms with Gasteiger partial charge >= 0.3 is 0 Å². The zero-order chi connectivity index (χ0) is 16.1. The number of carbonyl (C=O) groups is 1. The van der Waals surface area contributed by atoms with E-state index >= 15 is 0 Å². The Kier molecular flexibility index (Phi) is 5.15. The molecular weight excluding hydrogens is 281 g/mol. The van der Waals surface area contributed by atoms with Crippen LogP contribution in [0.25, 0.3) is 0 Å². The van der Waals surface area contributed by atoms with Gasteiger partial charge in [-0.05, 0) is 43.7 Å². The van der Waals surface area contributed by atoms with E-state index < -0.39 is 0 Å². The van der Waals surface area contributed by atoms with E-state index in [1.54, 1.807) is 43.4 Å². The van der Waals surface area contributed by atoms with E-state index in [4.69, 9.17) is 4.74 Å². The lowest BCUT2D eigenvalue weighted by atomic mass is 10.1. The van der Waals surface area contributed by atoms with Crippen LogP contribution in [0.4, 0.5) is 4.39 Å². The van der Waals surface area contributed by atoms with Crippen molar-refractivity contribution in [3.05, 3.63) is 65.0 Å². The molecule has 0 unspecified atom stereocenters. The molecular formula is C18H20FNO2. The first-order valence-corrected chi connectivity index (χ1v) is 7.25. The van der Waals surface area contributed by atoms with E-state index in [-0.39, 0.29) is 18.3 Å². The summed E-state index contributed by atoms with van der Waals surface area (Å²) in [4.78, 5) is 14.0. The smallest absolute Gasteiger partial charge is 0.253 e. The van der Waals surface area contributed by atoms with Gasteiger partial charge in [-0.3, -0.25) is 4.79 Å². The van der Waals surface area contributed by atoms with Crippen LogP contribution in [-0.4, -0.2) is 24.5 Å². The third-order valence-corrected chi connectivity index (χ3v) is 3.43. The average molecular weight is 301 g/mol. The molecule has 0 saturated carbocycles. The summed E-state index contributed by atoms with van der Waals surface area (Å²) >= 11 is 0. The van der Waals surface area contributed by atoms with Gasteiger partial charge < -0.3 is 9.64 Å². The standard InChI is InChI=1S/C18H20FNO2/c1-4-22-17-10-9-14(11-13(17)2)18(21)20(3)12-15-7-5-6-8-16(15)19/h5-11H,4,12H2,1-3H3. The highest BCUT2D eigenvalue weighted by atomic mass is 19.1. The molecule has 2 aromatic rings. The molecule has 116 valence electrons. The number of aryl methyl sites for hydroxylation is 1. The highest BCUT2D eigenvalue weighted by Gasteiger charge is 2.14. The predicted octanol–water partition coefficient (Wildman–Crippen LogP) is 3.81. The molecule has 2 aromatic carbocycles. The minimum Gasteiger partial charge on any atom is -0.494 e. The molecule has 0 heterocycles. The minimum absolute atomic E-state index is 0.144. The number of halogens is 1. The van der Waals surface area contributed by atoms with Gasteiger partial charge in [-0.15, -0.1) is 0 Å². The van der Waals surface area contributed by atoms with Gasteiger partial charge in [0.2, 0.25) is 0 Å². The Morgan fingerprint density at radius 3 is 2.59 bits per heavy atom. The van der Waals surface area contributed by atoms with Crippen LogP contribution in [0.15, 0.2) is 42.5 Å². The van der Waals surface area contributed by atoms with Crippen molar-refractivity contribution in [1.82, 2.24) is 4.90 Å². The fraction of sp³-hybridized carbons (Fsp3) is 0.278. The van der Waals surface area contributed by atoms with Crippen molar-refractivity contribution in [1.29, 1.82) is 0 Å².